The van der Waals surface area contributed by atoms with Crippen molar-refractivity contribution >= 4 is 17.5 Å². The van der Waals surface area contributed by atoms with Crippen LogP contribution in [0.2, 0.25) is 0 Å². The number of anilines is 1. The first-order valence-corrected chi connectivity index (χ1v) is 9.05. The van der Waals surface area contributed by atoms with Gasteiger partial charge in [0.2, 0.25) is 0 Å². The van der Waals surface area contributed by atoms with Gasteiger partial charge in [0.05, 0.1) is 5.56 Å². The average Bonchev–Trinajstić information content (AvgIpc) is 2.68. The number of benzene rings is 2. The Morgan fingerprint density at radius 1 is 0.897 bits per heavy atom. The second-order valence-corrected chi connectivity index (χ2v) is 6.71. The Morgan fingerprint density at radius 2 is 1.55 bits per heavy atom. The number of aromatic nitrogens is 1. The van der Waals surface area contributed by atoms with Crippen molar-refractivity contribution in [1.82, 2.24) is 9.88 Å². The van der Waals surface area contributed by atoms with Gasteiger partial charge in [0, 0.05) is 23.6 Å². The highest BCUT2D eigenvalue weighted by Gasteiger charge is 2.14. The van der Waals surface area contributed by atoms with Gasteiger partial charge in [0.15, 0.2) is 0 Å². The lowest BCUT2D eigenvalue weighted by atomic mass is 10.2. The van der Waals surface area contributed by atoms with Crippen molar-refractivity contribution in [3.8, 4) is 5.69 Å². The van der Waals surface area contributed by atoms with Crippen LogP contribution in [-0.4, -0.2) is 22.4 Å². The zero-order valence-electron chi connectivity index (χ0n) is 16.0. The van der Waals surface area contributed by atoms with Crippen molar-refractivity contribution in [1.29, 1.82) is 0 Å². The number of nitrogens with one attached hydrogen (secondary N) is 2. The number of carbonyl (C=O) groups excluding carboxylic acids is 2. The molecule has 0 aliphatic carbocycles. The summed E-state index contributed by atoms with van der Waals surface area (Å²) in [5, 5.41) is 5.31. The number of hydrogen-bond acceptors (Lipinski definition) is 3. The van der Waals surface area contributed by atoms with Gasteiger partial charge >= 0.3 is 0 Å². The molecule has 2 amide bonds. The summed E-state index contributed by atoms with van der Waals surface area (Å²) in [6.45, 7) is 3.63. The highest BCUT2D eigenvalue weighted by molar-refractivity contribution is 6.04. The fourth-order valence-electron chi connectivity index (χ4n) is 2.76. The molecule has 6 nitrogen and oxygen atoms in total. The van der Waals surface area contributed by atoms with Gasteiger partial charge in [0.1, 0.15) is 11.4 Å². The maximum atomic E-state index is 13.7. The summed E-state index contributed by atoms with van der Waals surface area (Å²) in [5.41, 5.74) is 0.505. The number of nitrogens with zero attached hydrogens (tertiary/aromatic N) is 1. The summed E-state index contributed by atoms with van der Waals surface area (Å²) >= 11 is 0. The monoisotopic (exact) mass is 393 g/mol. The maximum Gasteiger partial charge on any atom is 0.267 e. The van der Waals surface area contributed by atoms with Crippen molar-refractivity contribution in [3.05, 3.63) is 94.2 Å². The summed E-state index contributed by atoms with van der Waals surface area (Å²) < 4.78 is 15.1. The highest BCUT2D eigenvalue weighted by Crippen LogP contribution is 2.15. The molecular weight excluding hydrogens is 373 g/mol. The van der Waals surface area contributed by atoms with Gasteiger partial charge < -0.3 is 10.6 Å². The Morgan fingerprint density at radius 3 is 2.21 bits per heavy atom. The van der Waals surface area contributed by atoms with Crippen LogP contribution in [0.1, 0.15) is 34.6 Å². The van der Waals surface area contributed by atoms with Crippen LogP contribution in [0.15, 0.2) is 71.7 Å². The smallest absolute Gasteiger partial charge is 0.267 e. The number of pyridine rings is 1. The summed E-state index contributed by atoms with van der Waals surface area (Å²) in [7, 11) is 0. The third-order valence-electron chi connectivity index (χ3n) is 4.13. The lowest BCUT2D eigenvalue weighted by molar-refractivity contribution is 0.0940. The molecular formula is C22H20FN3O3. The average molecular weight is 393 g/mol. The van der Waals surface area contributed by atoms with E-state index in [1.807, 2.05) is 13.8 Å². The van der Waals surface area contributed by atoms with Gasteiger partial charge in [-0.05, 0) is 62.4 Å². The highest BCUT2D eigenvalue weighted by atomic mass is 19.1. The van der Waals surface area contributed by atoms with Crippen LogP contribution < -0.4 is 16.2 Å². The van der Waals surface area contributed by atoms with Gasteiger partial charge in [-0.2, -0.15) is 0 Å². The summed E-state index contributed by atoms with van der Waals surface area (Å²) in [4.78, 5) is 37.1. The van der Waals surface area contributed by atoms with Crippen molar-refractivity contribution < 1.29 is 14.0 Å². The fraction of sp³-hybridized carbons (Fsp3) is 0.136. The van der Waals surface area contributed by atoms with Crippen LogP contribution in [0.3, 0.4) is 0 Å². The molecule has 148 valence electrons. The summed E-state index contributed by atoms with van der Waals surface area (Å²) in [6.07, 6.45) is 1.56. The van der Waals surface area contributed by atoms with E-state index >= 15 is 0 Å². The quantitative estimate of drug-likeness (QED) is 0.698. The fourth-order valence-corrected chi connectivity index (χ4v) is 2.76. The standard InChI is InChI=1S/C22H20FN3O3/c1-14(2)24-21(28)18-7-5-13-26(22(18)29)16-11-9-15(10-12-16)25-20(27)17-6-3-4-8-19(17)23/h3-14H,1-2H3,(H,24,28)(H,25,27). The molecule has 7 heteroatoms. The second kappa shape index (κ2) is 8.52. The second-order valence-electron chi connectivity index (χ2n) is 6.71. The molecule has 0 bridgehead atoms. The van der Waals surface area contributed by atoms with Gasteiger partial charge in [0.25, 0.3) is 17.4 Å². The van der Waals surface area contributed by atoms with Gasteiger partial charge in [-0.3, -0.25) is 19.0 Å². The van der Waals surface area contributed by atoms with Crippen LogP contribution in [0, 0.1) is 5.82 Å². The van der Waals surface area contributed by atoms with E-state index in [9.17, 15) is 18.8 Å². The van der Waals surface area contributed by atoms with E-state index in [1.165, 1.54) is 28.8 Å². The zero-order valence-corrected chi connectivity index (χ0v) is 16.0. The molecule has 0 fully saturated rings. The normalized spacial score (nSPS) is 10.6. The van der Waals surface area contributed by atoms with E-state index in [1.54, 1.807) is 42.6 Å². The summed E-state index contributed by atoms with van der Waals surface area (Å²) in [5.74, 6) is -1.61. The minimum absolute atomic E-state index is 0.0399. The maximum absolute atomic E-state index is 13.7. The Balaban J connectivity index is 1.82. The van der Waals surface area contributed by atoms with E-state index in [2.05, 4.69) is 10.6 Å². The number of rotatable bonds is 5. The van der Waals surface area contributed by atoms with Gasteiger partial charge in [-0.15, -0.1) is 0 Å². The minimum Gasteiger partial charge on any atom is -0.350 e. The van der Waals surface area contributed by atoms with Crippen LogP contribution in [0.5, 0.6) is 0 Å². The first kappa shape index (κ1) is 20.0. The van der Waals surface area contributed by atoms with Crippen molar-refractivity contribution in [2.24, 2.45) is 0 Å². The number of hydrogen-bond donors (Lipinski definition) is 2. The molecule has 0 spiro atoms. The molecule has 2 aromatic carbocycles. The van der Waals surface area contributed by atoms with Crippen molar-refractivity contribution in [2.45, 2.75) is 19.9 Å². The van der Waals surface area contributed by atoms with Crippen molar-refractivity contribution in [2.75, 3.05) is 5.32 Å². The van der Waals surface area contributed by atoms with Crippen molar-refractivity contribution in [3.63, 3.8) is 0 Å². The first-order valence-electron chi connectivity index (χ1n) is 9.05. The van der Waals surface area contributed by atoms with E-state index < -0.39 is 23.2 Å². The van der Waals surface area contributed by atoms with E-state index in [0.29, 0.717) is 11.4 Å². The van der Waals surface area contributed by atoms with Crippen LogP contribution in [0.4, 0.5) is 10.1 Å². The topological polar surface area (TPSA) is 80.2 Å². The molecule has 0 unspecified atom stereocenters. The molecule has 0 aliphatic heterocycles. The molecule has 29 heavy (non-hydrogen) atoms. The predicted octanol–water partition coefficient (Wildman–Crippen LogP) is 3.37. The number of amides is 2. The third kappa shape index (κ3) is 4.57. The Kier molecular flexibility index (Phi) is 5.87. The van der Waals surface area contributed by atoms with Crippen LogP contribution >= 0.6 is 0 Å². The third-order valence-corrected chi connectivity index (χ3v) is 4.13. The zero-order chi connectivity index (χ0) is 21.0. The Labute approximate surface area is 167 Å². The number of halogens is 1. The minimum atomic E-state index is -0.607. The molecule has 2 N–H and O–H groups in total. The first-order chi connectivity index (χ1) is 13.9. The lowest BCUT2D eigenvalue weighted by Gasteiger charge is -2.11. The SMILES string of the molecule is CC(C)NC(=O)c1cccn(-c2ccc(NC(=O)c3ccccc3F)cc2)c1=O. The molecule has 3 rings (SSSR count). The lowest BCUT2D eigenvalue weighted by Crippen LogP contribution is -2.35. The molecule has 1 heterocycles. The molecule has 3 aromatic rings. The van der Waals surface area contributed by atoms with Crippen LogP contribution in [0.25, 0.3) is 5.69 Å². The number of carbonyl (C=O) groups is 2. The molecule has 0 aliphatic rings. The largest absolute Gasteiger partial charge is 0.350 e. The summed E-state index contributed by atoms with van der Waals surface area (Å²) in [6, 6.07) is 15.1. The van der Waals surface area contributed by atoms with E-state index in [0.717, 1.165) is 0 Å². The van der Waals surface area contributed by atoms with Gasteiger partial charge in [-0.25, -0.2) is 4.39 Å². The van der Waals surface area contributed by atoms with Gasteiger partial charge in [-0.1, -0.05) is 12.1 Å². The van der Waals surface area contributed by atoms with E-state index in [4.69, 9.17) is 0 Å². The molecule has 0 saturated carbocycles. The molecule has 0 saturated heterocycles. The predicted molar refractivity (Wildman–Crippen MR) is 109 cm³/mol. The molecule has 0 radical (unpaired) electrons. The Bertz CT molecular complexity index is 1100. The van der Waals surface area contributed by atoms with E-state index in [-0.39, 0.29) is 17.2 Å². The molecule has 0 atom stereocenters. The molecule has 1 aromatic heterocycles. The van der Waals surface area contributed by atoms with Crippen LogP contribution in [-0.2, 0) is 0 Å². The Hall–Kier alpha value is -3.74.